The summed E-state index contributed by atoms with van der Waals surface area (Å²) in [6.07, 6.45) is 3.26. The highest BCUT2D eigenvalue weighted by Crippen LogP contribution is 2.26. The van der Waals surface area contributed by atoms with Gasteiger partial charge in [-0.1, -0.05) is 26.0 Å². The Morgan fingerprint density at radius 3 is 2.47 bits per heavy atom. The van der Waals surface area contributed by atoms with Crippen LogP contribution in [0.3, 0.4) is 0 Å². The summed E-state index contributed by atoms with van der Waals surface area (Å²) in [5.74, 6) is -0.107. The van der Waals surface area contributed by atoms with Crippen molar-refractivity contribution in [3.63, 3.8) is 0 Å². The summed E-state index contributed by atoms with van der Waals surface area (Å²) in [7, 11) is 0. The van der Waals surface area contributed by atoms with Gasteiger partial charge in [0.2, 0.25) is 5.91 Å². The van der Waals surface area contributed by atoms with E-state index in [0.29, 0.717) is 12.8 Å². The van der Waals surface area contributed by atoms with Gasteiger partial charge in [-0.25, -0.2) is 0 Å². The molecule has 0 unspecified atom stereocenters. The maximum Gasteiger partial charge on any atom is 0.244 e. The fourth-order valence-electron chi connectivity index (χ4n) is 1.57. The van der Waals surface area contributed by atoms with Crippen molar-refractivity contribution >= 4 is 23.4 Å². The molecule has 1 aromatic rings. The molecule has 1 aromatic carbocycles. The van der Waals surface area contributed by atoms with E-state index < -0.39 is 5.54 Å². The third kappa shape index (κ3) is 3.23. The first-order chi connectivity index (χ1) is 8.07. The maximum atomic E-state index is 12.1. The molecule has 1 amide bonds. The lowest BCUT2D eigenvalue weighted by Crippen LogP contribution is -2.50. The van der Waals surface area contributed by atoms with Crippen molar-refractivity contribution in [2.75, 3.05) is 11.6 Å². The number of para-hydroxylation sites is 1. The molecule has 4 heteroatoms. The highest BCUT2D eigenvalue weighted by Gasteiger charge is 2.30. The van der Waals surface area contributed by atoms with E-state index in [2.05, 4.69) is 5.32 Å². The molecule has 0 aliphatic heterocycles. The normalized spacial score (nSPS) is 11.3. The van der Waals surface area contributed by atoms with Crippen molar-refractivity contribution in [3.05, 3.63) is 24.3 Å². The third-order valence-electron chi connectivity index (χ3n) is 3.07. The summed E-state index contributed by atoms with van der Waals surface area (Å²) in [5.41, 5.74) is 6.12. The van der Waals surface area contributed by atoms with E-state index >= 15 is 0 Å². The van der Waals surface area contributed by atoms with Crippen LogP contribution < -0.4 is 11.1 Å². The number of thioether (sulfide) groups is 1. The molecule has 0 aromatic heterocycles. The first-order valence-electron chi connectivity index (χ1n) is 5.80. The maximum absolute atomic E-state index is 12.1. The molecule has 0 bridgehead atoms. The Balaban J connectivity index is 2.87. The Labute approximate surface area is 107 Å². The van der Waals surface area contributed by atoms with Gasteiger partial charge in [-0.15, -0.1) is 11.8 Å². The van der Waals surface area contributed by atoms with Gasteiger partial charge in [-0.2, -0.15) is 0 Å². The Kier molecular flexibility index (Phi) is 5.02. The average Bonchev–Trinajstić information content (AvgIpc) is 2.38. The Hall–Kier alpha value is -1.00. The van der Waals surface area contributed by atoms with Crippen molar-refractivity contribution in [2.45, 2.75) is 37.1 Å². The molecule has 3 nitrogen and oxygen atoms in total. The lowest BCUT2D eigenvalue weighted by Gasteiger charge is -2.25. The summed E-state index contributed by atoms with van der Waals surface area (Å²) in [5, 5.41) is 2.92. The van der Waals surface area contributed by atoms with E-state index in [1.54, 1.807) is 11.8 Å². The van der Waals surface area contributed by atoms with Gasteiger partial charge < -0.3 is 11.1 Å². The zero-order valence-electron chi connectivity index (χ0n) is 10.6. The van der Waals surface area contributed by atoms with Crippen LogP contribution in [0.15, 0.2) is 29.2 Å². The molecule has 0 saturated carbocycles. The molecule has 0 radical (unpaired) electrons. The summed E-state index contributed by atoms with van der Waals surface area (Å²) < 4.78 is 0. The second-order valence-electron chi connectivity index (χ2n) is 4.02. The number of hydrogen-bond acceptors (Lipinski definition) is 3. The highest BCUT2D eigenvalue weighted by atomic mass is 32.2. The number of hydrogen-bond donors (Lipinski definition) is 2. The molecular formula is C13H20N2OS. The first-order valence-corrected chi connectivity index (χ1v) is 7.03. The highest BCUT2D eigenvalue weighted by molar-refractivity contribution is 7.98. The topological polar surface area (TPSA) is 55.1 Å². The number of amides is 1. The van der Waals surface area contributed by atoms with Gasteiger partial charge in [0.15, 0.2) is 0 Å². The van der Waals surface area contributed by atoms with Gasteiger partial charge in [0, 0.05) is 4.90 Å². The SMILES string of the molecule is CCC(N)(CC)C(=O)Nc1ccccc1SC. The van der Waals surface area contributed by atoms with Crippen LogP contribution in [0.1, 0.15) is 26.7 Å². The number of nitrogens with two attached hydrogens (primary N) is 1. The Morgan fingerprint density at radius 1 is 1.35 bits per heavy atom. The van der Waals surface area contributed by atoms with E-state index in [1.807, 2.05) is 44.4 Å². The van der Waals surface area contributed by atoms with Crippen molar-refractivity contribution in [3.8, 4) is 0 Å². The average molecular weight is 252 g/mol. The molecule has 0 fully saturated rings. The number of anilines is 1. The third-order valence-corrected chi connectivity index (χ3v) is 3.87. The van der Waals surface area contributed by atoms with Crippen molar-refractivity contribution < 1.29 is 4.79 Å². The summed E-state index contributed by atoms with van der Waals surface area (Å²) in [6.45, 7) is 3.87. The van der Waals surface area contributed by atoms with Gasteiger partial charge in [0.1, 0.15) is 0 Å². The van der Waals surface area contributed by atoms with Crippen LogP contribution >= 0.6 is 11.8 Å². The predicted molar refractivity (Wildman–Crippen MR) is 74.4 cm³/mol. The van der Waals surface area contributed by atoms with Crippen LogP contribution in [-0.2, 0) is 4.79 Å². The largest absolute Gasteiger partial charge is 0.323 e. The fourth-order valence-corrected chi connectivity index (χ4v) is 2.12. The summed E-state index contributed by atoms with van der Waals surface area (Å²) in [6, 6.07) is 7.74. The zero-order chi connectivity index (χ0) is 12.9. The second kappa shape index (κ2) is 6.07. The van der Waals surface area contributed by atoms with Crippen LogP contribution in [0, 0.1) is 0 Å². The van der Waals surface area contributed by atoms with Crippen LogP contribution in [0.4, 0.5) is 5.69 Å². The minimum atomic E-state index is -0.772. The molecule has 0 saturated heterocycles. The van der Waals surface area contributed by atoms with Crippen molar-refractivity contribution in [1.82, 2.24) is 0 Å². The van der Waals surface area contributed by atoms with Crippen molar-refractivity contribution in [2.24, 2.45) is 5.73 Å². The first kappa shape index (κ1) is 14.1. The standard InChI is InChI=1S/C13H20N2OS/c1-4-13(14,5-2)12(16)15-10-8-6-7-9-11(10)17-3/h6-9H,4-5,14H2,1-3H3,(H,15,16). The zero-order valence-corrected chi connectivity index (χ0v) is 11.4. The number of benzene rings is 1. The monoisotopic (exact) mass is 252 g/mol. The Bertz CT molecular complexity index is 389. The number of carbonyl (C=O) groups excluding carboxylic acids is 1. The quantitative estimate of drug-likeness (QED) is 0.792. The van der Waals surface area contributed by atoms with E-state index in [0.717, 1.165) is 10.6 Å². The molecule has 0 aliphatic carbocycles. The minimum absolute atomic E-state index is 0.107. The molecule has 3 N–H and O–H groups in total. The molecule has 17 heavy (non-hydrogen) atoms. The lowest BCUT2D eigenvalue weighted by molar-refractivity contribution is -0.121. The van der Waals surface area contributed by atoms with Gasteiger partial charge >= 0.3 is 0 Å². The smallest absolute Gasteiger partial charge is 0.244 e. The van der Waals surface area contributed by atoms with Gasteiger partial charge in [-0.3, -0.25) is 4.79 Å². The predicted octanol–water partition coefficient (Wildman–Crippen LogP) is 2.86. The van der Waals surface area contributed by atoms with Crippen LogP contribution in [0.25, 0.3) is 0 Å². The van der Waals surface area contributed by atoms with Gasteiger partial charge in [0.05, 0.1) is 11.2 Å². The van der Waals surface area contributed by atoms with Crippen LogP contribution in [-0.4, -0.2) is 17.7 Å². The van der Waals surface area contributed by atoms with E-state index in [1.165, 1.54) is 0 Å². The number of carbonyl (C=O) groups is 1. The summed E-state index contributed by atoms with van der Waals surface area (Å²) in [4.78, 5) is 13.2. The Morgan fingerprint density at radius 2 is 1.94 bits per heavy atom. The number of nitrogens with one attached hydrogen (secondary N) is 1. The van der Waals surface area contributed by atoms with Gasteiger partial charge in [0.25, 0.3) is 0 Å². The van der Waals surface area contributed by atoms with Crippen molar-refractivity contribution in [1.29, 1.82) is 0 Å². The molecule has 1 rings (SSSR count). The molecule has 0 heterocycles. The van der Waals surface area contributed by atoms with E-state index in [9.17, 15) is 4.79 Å². The molecule has 94 valence electrons. The lowest BCUT2D eigenvalue weighted by atomic mass is 9.93. The molecular weight excluding hydrogens is 232 g/mol. The van der Waals surface area contributed by atoms with Crippen LogP contribution in [0.2, 0.25) is 0 Å². The number of rotatable bonds is 5. The van der Waals surface area contributed by atoms with E-state index in [4.69, 9.17) is 5.73 Å². The van der Waals surface area contributed by atoms with Gasteiger partial charge in [-0.05, 0) is 31.2 Å². The molecule has 0 atom stereocenters. The molecule has 0 spiro atoms. The van der Waals surface area contributed by atoms with Crippen LogP contribution in [0.5, 0.6) is 0 Å². The molecule has 0 aliphatic rings. The minimum Gasteiger partial charge on any atom is -0.323 e. The fraction of sp³-hybridized carbons (Fsp3) is 0.462. The summed E-state index contributed by atoms with van der Waals surface area (Å²) >= 11 is 1.61. The van der Waals surface area contributed by atoms with E-state index in [-0.39, 0.29) is 5.91 Å². The second-order valence-corrected chi connectivity index (χ2v) is 4.87.